The molecule has 0 unspecified atom stereocenters. The van der Waals surface area contributed by atoms with E-state index < -0.39 is 0 Å². The number of rotatable bonds is 1. The van der Waals surface area contributed by atoms with Gasteiger partial charge in [0, 0.05) is 10.7 Å². The van der Waals surface area contributed by atoms with Crippen molar-refractivity contribution in [3.63, 3.8) is 0 Å². The number of aromatic nitrogens is 3. The average Bonchev–Trinajstić information content (AvgIpc) is 2.57. The van der Waals surface area contributed by atoms with E-state index in [0.29, 0.717) is 0 Å². The average molecular weight is 317 g/mol. The molecule has 2 heterocycles. The van der Waals surface area contributed by atoms with Gasteiger partial charge in [-0.3, -0.25) is 4.57 Å². The zero-order valence-corrected chi connectivity index (χ0v) is 10.6. The van der Waals surface area contributed by atoms with E-state index in [1.807, 2.05) is 29.8 Å². The van der Waals surface area contributed by atoms with E-state index in [2.05, 4.69) is 41.8 Å². The van der Waals surface area contributed by atoms with Gasteiger partial charge >= 0.3 is 0 Å². The quantitative estimate of drug-likeness (QED) is 0.809. The molecule has 0 amide bonds. The van der Waals surface area contributed by atoms with E-state index >= 15 is 0 Å². The zero-order chi connectivity index (χ0) is 10.1. The van der Waals surface area contributed by atoms with E-state index in [0.717, 1.165) is 20.6 Å². The van der Waals surface area contributed by atoms with E-state index in [4.69, 9.17) is 0 Å². The number of nitrogens with zero attached hydrogens (tertiary/aromatic N) is 3. The maximum atomic E-state index is 4.41. The van der Waals surface area contributed by atoms with Crippen LogP contribution in [0.2, 0.25) is 0 Å². The minimum absolute atomic E-state index is 0.805. The van der Waals surface area contributed by atoms with Crippen LogP contribution in [0.3, 0.4) is 0 Å². The number of hydrogen-bond donors (Lipinski definition) is 0. The van der Waals surface area contributed by atoms with Gasteiger partial charge in [0.25, 0.3) is 0 Å². The van der Waals surface area contributed by atoms with Crippen LogP contribution >= 0.6 is 31.9 Å². The predicted molar refractivity (Wildman–Crippen MR) is 61.5 cm³/mol. The Balaban J connectivity index is 2.47. The molecule has 0 aromatic carbocycles. The lowest BCUT2D eigenvalue weighted by Gasteiger charge is -2.02. The molecular weight excluding hydrogens is 310 g/mol. The summed E-state index contributed by atoms with van der Waals surface area (Å²) in [4.78, 5) is 8.48. The van der Waals surface area contributed by atoms with Crippen LogP contribution in [0, 0.1) is 6.92 Å². The highest BCUT2D eigenvalue weighted by Crippen LogP contribution is 2.16. The summed E-state index contributed by atoms with van der Waals surface area (Å²) in [6.07, 6.45) is 3.59. The highest BCUT2D eigenvalue weighted by atomic mass is 79.9. The number of halogens is 2. The maximum absolute atomic E-state index is 4.41. The molecule has 0 radical (unpaired) electrons. The Bertz CT molecular complexity index is 465. The summed E-state index contributed by atoms with van der Waals surface area (Å²) in [7, 11) is 0. The second-order valence-corrected chi connectivity index (χ2v) is 4.51. The summed E-state index contributed by atoms with van der Waals surface area (Å²) in [6, 6.07) is 3.91. The molecule has 2 aromatic rings. The van der Waals surface area contributed by atoms with Gasteiger partial charge in [-0.25, -0.2) is 9.97 Å². The molecule has 2 rings (SSSR count). The van der Waals surface area contributed by atoms with Gasteiger partial charge in [-0.15, -0.1) is 0 Å². The summed E-state index contributed by atoms with van der Waals surface area (Å²) < 4.78 is 3.68. The van der Waals surface area contributed by atoms with Crippen molar-refractivity contribution in [1.82, 2.24) is 14.5 Å². The van der Waals surface area contributed by atoms with E-state index in [-0.39, 0.29) is 0 Å². The first-order valence-corrected chi connectivity index (χ1v) is 5.58. The van der Waals surface area contributed by atoms with Crippen molar-refractivity contribution in [1.29, 1.82) is 0 Å². The lowest BCUT2D eigenvalue weighted by atomic mass is 10.4. The zero-order valence-electron chi connectivity index (χ0n) is 7.41. The molecule has 0 fully saturated rings. The number of imidazole rings is 1. The van der Waals surface area contributed by atoms with Crippen molar-refractivity contribution < 1.29 is 0 Å². The summed E-state index contributed by atoms with van der Waals surface area (Å²) >= 11 is 6.70. The summed E-state index contributed by atoms with van der Waals surface area (Å²) in [5.74, 6) is 0.865. The Hall–Kier alpha value is -0.680. The normalized spacial score (nSPS) is 10.5. The Kier molecular flexibility index (Phi) is 2.69. The van der Waals surface area contributed by atoms with E-state index in [1.165, 1.54) is 0 Å². The van der Waals surface area contributed by atoms with E-state index in [1.54, 1.807) is 6.33 Å². The van der Waals surface area contributed by atoms with Gasteiger partial charge in [0.15, 0.2) is 0 Å². The molecule has 0 atom stereocenters. The molecular formula is C9H7Br2N3. The second kappa shape index (κ2) is 3.82. The molecule has 14 heavy (non-hydrogen) atoms. The Morgan fingerprint density at radius 3 is 2.64 bits per heavy atom. The van der Waals surface area contributed by atoms with Gasteiger partial charge in [-0.2, -0.15) is 0 Å². The predicted octanol–water partition coefficient (Wildman–Crippen LogP) is 3.10. The second-order valence-electron chi connectivity index (χ2n) is 2.84. The molecule has 0 aliphatic heterocycles. The van der Waals surface area contributed by atoms with Crippen LogP contribution in [0.15, 0.2) is 33.7 Å². The molecule has 0 aliphatic rings. The lowest BCUT2D eigenvalue weighted by molar-refractivity contribution is 0.971. The van der Waals surface area contributed by atoms with Gasteiger partial charge in [0.2, 0.25) is 0 Å². The number of aryl methyl sites for hydroxylation is 1. The van der Waals surface area contributed by atoms with Gasteiger partial charge < -0.3 is 0 Å². The monoisotopic (exact) mass is 315 g/mol. The Morgan fingerprint density at radius 1 is 1.29 bits per heavy atom. The highest BCUT2D eigenvalue weighted by molar-refractivity contribution is 9.10. The van der Waals surface area contributed by atoms with Crippen molar-refractivity contribution in [3.05, 3.63) is 39.4 Å². The third-order valence-corrected chi connectivity index (χ3v) is 3.07. The first kappa shape index (κ1) is 9.86. The molecule has 0 aliphatic carbocycles. The first-order valence-electron chi connectivity index (χ1n) is 4.00. The molecule has 0 N–H and O–H groups in total. The van der Waals surface area contributed by atoms with Crippen LogP contribution in [-0.2, 0) is 0 Å². The van der Waals surface area contributed by atoms with Crippen molar-refractivity contribution in [3.8, 4) is 5.82 Å². The molecule has 5 heteroatoms. The van der Waals surface area contributed by atoms with Crippen LogP contribution in [0.25, 0.3) is 5.82 Å². The summed E-state index contributed by atoms with van der Waals surface area (Å²) in [5, 5.41) is 0. The third kappa shape index (κ3) is 1.88. The number of hydrogen-bond acceptors (Lipinski definition) is 2. The van der Waals surface area contributed by atoms with Crippen molar-refractivity contribution in [2.24, 2.45) is 0 Å². The molecule has 0 spiro atoms. The van der Waals surface area contributed by atoms with Crippen molar-refractivity contribution in [2.75, 3.05) is 0 Å². The number of pyridine rings is 1. The van der Waals surface area contributed by atoms with Crippen molar-refractivity contribution in [2.45, 2.75) is 6.92 Å². The fraction of sp³-hybridized carbons (Fsp3) is 0.111. The topological polar surface area (TPSA) is 30.7 Å². The van der Waals surface area contributed by atoms with Crippen LogP contribution in [0.4, 0.5) is 0 Å². The molecule has 3 nitrogen and oxygen atoms in total. The van der Waals surface area contributed by atoms with Crippen LogP contribution < -0.4 is 0 Å². The van der Waals surface area contributed by atoms with Crippen LogP contribution in [0.5, 0.6) is 0 Å². The van der Waals surface area contributed by atoms with Gasteiger partial charge in [0.1, 0.15) is 16.7 Å². The first-order chi connectivity index (χ1) is 6.66. The Labute approximate surface area is 98.4 Å². The smallest absolute Gasteiger partial charge is 0.138 e. The highest BCUT2D eigenvalue weighted by Gasteiger charge is 2.01. The van der Waals surface area contributed by atoms with E-state index in [9.17, 15) is 0 Å². The standard InChI is InChI=1S/C9H7Br2N3/c1-6-7(10)2-3-9(13-6)14-4-8(11)12-5-14/h2-5H,1H3. The molecule has 0 saturated heterocycles. The SMILES string of the molecule is Cc1nc(-n2cnc(Br)c2)ccc1Br. The minimum atomic E-state index is 0.805. The fourth-order valence-electron chi connectivity index (χ4n) is 1.10. The Morgan fingerprint density at radius 2 is 2.07 bits per heavy atom. The van der Waals surface area contributed by atoms with Crippen LogP contribution in [0.1, 0.15) is 5.69 Å². The van der Waals surface area contributed by atoms with Gasteiger partial charge in [0.05, 0.1) is 5.69 Å². The summed E-state index contributed by atoms with van der Waals surface area (Å²) in [6.45, 7) is 1.96. The summed E-state index contributed by atoms with van der Waals surface area (Å²) in [5.41, 5.74) is 0.965. The van der Waals surface area contributed by atoms with Crippen molar-refractivity contribution >= 4 is 31.9 Å². The molecule has 0 saturated carbocycles. The van der Waals surface area contributed by atoms with Crippen LogP contribution in [-0.4, -0.2) is 14.5 Å². The fourth-order valence-corrected chi connectivity index (χ4v) is 1.63. The molecule has 2 aromatic heterocycles. The third-order valence-electron chi connectivity index (χ3n) is 1.82. The minimum Gasteiger partial charge on any atom is -0.289 e. The maximum Gasteiger partial charge on any atom is 0.138 e. The lowest BCUT2D eigenvalue weighted by Crippen LogP contribution is -1.95. The van der Waals surface area contributed by atoms with Gasteiger partial charge in [-0.05, 0) is 50.9 Å². The largest absolute Gasteiger partial charge is 0.289 e. The van der Waals surface area contributed by atoms with Gasteiger partial charge in [-0.1, -0.05) is 0 Å². The molecule has 72 valence electrons. The molecule has 0 bridgehead atoms.